The minimum atomic E-state index is -0.154. The van der Waals surface area contributed by atoms with Crippen LogP contribution < -0.4 is 10.6 Å². The van der Waals surface area contributed by atoms with Crippen molar-refractivity contribution in [2.45, 2.75) is 33.6 Å². The summed E-state index contributed by atoms with van der Waals surface area (Å²) in [6.07, 6.45) is 2.19. The second-order valence-electron chi connectivity index (χ2n) is 7.37. The highest BCUT2D eigenvalue weighted by molar-refractivity contribution is 7.80. The van der Waals surface area contributed by atoms with E-state index in [0.717, 1.165) is 18.5 Å². The molecule has 0 saturated heterocycles. The van der Waals surface area contributed by atoms with Crippen molar-refractivity contribution in [3.63, 3.8) is 0 Å². The van der Waals surface area contributed by atoms with Crippen LogP contribution in [0.25, 0.3) is 0 Å². The number of anilines is 1. The van der Waals surface area contributed by atoms with Crippen LogP contribution in [0.2, 0.25) is 0 Å². The summed E-state index contributed by atoms with van der Waals surface area (Å²) >= 11 is 5.35. The van der Waals surface area contributed by atoms with E-state index in [2.05, 4.69) is 31.4 Å². The molecule has 0 unspecified atom stereocenters. The first-order valence-electron chi connectivity index (χ1n) is 8.00. The van der Waals surface area contributed by atoms with E-state index in [1.165, 1.54) is 0 Å². The van der Waals surface area contributed by atoms with Crippen molar-refractivity contribution >= 4 is 28.8 Å². The number of carbonyl (C=O) groups excluding carboxylic acids is 1. The van der Waals surface area contributed by atoms with Gasteiger partial charge in [-0.05, 0) is 48.5 Å². The topological polar surface area (TPSA) is 41.1 Å². The lowest BCUT2D eigenvalue weighted by molar-refractivity contribution is -0.131. The third-order valence-corrected chi connectivity index (χ3v) is 6.43. The predicted molar refractivity (Wildman–Crippen MR) is 93.8 cm³/mol. The summed E-state index contributed by atoms with van der Waals surface area (Å²) in [5, 5.41) is 6.99. The number of carbonyl (C=O) groups is 1. The van der Waals surface area contributed by atoms with Gasteiger partial charge in [0.05, 0.1) is 0 Å². The first kappa shape index (κ1) is 15.5. The number of ketones is 1. The molecule has 3 atom stereocenters. The van der Waals surface area contributed by atoms with Gasteiger partial charge in [0, 0.05) is 23.6 Å². The van der Waals surface area contributed by atoms with Gasteiger partial charge in [0.2, 0.25) is 0 Å². The molecule has 0 aromatic heterocycles. The summed E-state index contributed by atoms with van der Waals surface area (Å²) in [6, 6.07) is 9.85. The summed E-state index contributed by atoms with van der Waals surface area (Å²) in [4.78, 5) is 12.8. The van der Waals surface area contributed by atoms with Crippen LogP contribution in [-0.4, -0.2) is 17.4 Å². The molecule has 2 aliphatic rings. The van der Waals surface area contributed by atoms with Gasteiger partial charge in [-0.25, -0.2) is 0 Å². The van der Waals surface area contributed by atoms with Crippen LogP contribution in [0.5, 0.6) is 0 Å². The van der Waals surface area contributed by atoms with Crippen LogP contribution in [0.3, 0.4) is 0 Å². The molecule has 2 saturated carbocycles. The molecule has 4 heteroatoms. The number of benzene rings is 1. The Morgan fingerprint density at radius 2 is 1.95 bits per heavy atom. The Bertz CT molecular complexity index is 598. The van der Waals surface area contributed by atoms with Crippen LogP contribution >= 0.6 is 12.2 Å². The van der Waals surface area contributed by atoms with E-state index in [9.17, 15) is 4.79 Å². The van der Waals surface area contributed by atoms with Crippen LogP contribution in [0.4, 0.5) is 5.69 Å². The molecule has 0 spiro atoms. The molecule has 22 heavy (non-hydrogen) atoms. The Hall–Kier alpha value is -1.42. The minimum Gasteiger partial charge on any atom is -0.362 e. The molecule has 2 N–H and O–H groups in total. The van der Waals surface area contributed by atoms with E-state index in [-0.39, 0.29) is 16.7 Å². The summed E-state index contributed by atoms with van der Waals surface area (Å²) in [7, 11) is 0. The normalized spacial score (nSPS) is 32.0. The molecule has 0 heterocycles. The van der Waals surface area contributed by atoms with Gasteiger partial charge in [0.25, 0.3) is 0 Å². The lowest BCUT2D eigenvalue weighted by Crippen LogP contribution is -2.39. The zero-order valence-electron chi connectivity index (χ0n) is 13.5. The molecular weight excluding hydrogens is 292 g/mol. The van der Waals surface area contributed by atoms with Crippen molar-refractivity contribution < 1.29 is 4.79 Å². The van der Waals surface area contributed by atoms with Crippen molar-refractivity contribution in [1.82, 2.24) is 5.32 Å². The Morgan fingerprint density at radius 3 is 2.55 bits per heavy atom. The highest BCUT2D eigenvalue weighted by Gasteiger charge is 2.65. The lowest BCUT2D eigenvalue weighted by atomic mass is 9.70. The highest BCUT2D eigenvalue weighted by atomic mass is 32.1. The lowest BCUT2D eigenvalue weighted by Gasteiger charge is -2.32. The molecule has 0 amide bonds. The van der Waals surface area contributed by atoms with Gasteiger partial charge in [-0.15, -0.1) is 0 Å². The van der Waals surface area contributed by atoms with Gasteiger partial charge in [0.15, 0.2) is 5.11 Å². The molecule has 3 rings (SSSR count). The maximum Gasteiger partial charge on any atom is 0.170 e. The smallest absolute Gasteiger partial charge is 0.170 e. The van der Waals surface area contributed by atoms with E-state index < -0.39 is 0 Å². The van der Waals surface area contributed by atoms with Gasteiger partial charge in [-0.3, -0.25) is 4.79 Å². The molecule has 118 valence electrons. The van der Waals surface area contributed by atoms with E-state index >= 15 is 0 Å². The van der Waals surface area contributed by atoms with Gasteiger partial charge in [-0.1, -0.05) is 39.0 Å². The third kappa shape index (κ3) is 2.24. The Labute approximate surface area is 137 Å². The fourth-order valence-corrected chi connectivity index (χ4v) is 4.61. The fraction of sp³-hybridized carbons (Fsp3) is 0.556. The van der Waals surface area contributed by atoms with Crippen molar-refractivity contribution in [1.29, 1.82) is 0 Å². The number of hydrogen-bond donors (Lipinski definition) is 2. The maximum atomic E-state index is 12.8. The Balaban J connectivity index is 1.61. The number of para-hydroxylation sites is 1. The Morgan fingerprint density at radius 1 is 1.27 bits per heavy atom. The number of rotatable bonds is 3. The van der Waals surface area contributed by atoms with Crippen LogP contribution in [-0.2, 0) is 4.79 Å². The van der Waals surface area contributed by atoms with Gasteiger partial charge in [-0.2, -0.15) is 0 Å². The SMILES string of the molecule is CC1(C)[C@H]2CC[C@@]1(C)C(=O)[C@@H]2CNC(=S)Nc1ccccc1. The average Bonchev–Trinajstić information content (AvgIpc) is 2.79. The van der Waals surface area contributed by atoms with Crippen LogP contribution in [0.1, 0.15) is 33.6 Å². The molecule has 0 radical (unpaired) electrons. The van der Waals surface area contributed by atoms with E-state index in [1.54, 1.807) is 0 Å². The number of hydrogen-bond acceptors (Lipinski definition) is 2. The second-order valence-corrected chi connectivity index (χ2v) is 7.78. The van der Waals surface area contributed by atoms with Crippen LogP contribution in [0, 0.1) is 22.7 Å². The van der Waals surface area contributed by atoms with Crippen molar-refractivity contribution in [3.8, 4) is 0 Å². The van der Waals surface area contributed by atoms with Gasteiger partial charge in [0.1, 0.15) is 5.78 Å². The number of nitrogens with one attached hydrogen (secondary N) is 2. The highest BCUT2D eigenvalue weighted by Crippen LogP contribution is 2.65. The van der Waals surface area contributed by atoms with Crippen molar-refractivity contribution in [2.75, 3.05) is 11.9 Å². The molecule has 2 aliphatic carbocycles. The third-order valence-electron chi connectivity index (χ3n) is 6.18. The fourth-order valence-electron chi connectivity index (χ4n) is 4.41. The predicted octanol–water partition coefficient (Wildman–Crippen LogP) is 3.61. The maximum absolute atomic E-state index is 12.8. The van der Waals surface area contributed by atoms with Gasteiger partial charge >= 0.3 is 0 Å². The average molecular weight is 316 g/mol. The van der Waals surface area contributed by atoms with E-state index in [0.29, 0.717) is 23.4 Å². The summed E-state index contributed by atoms with van der Waals surface area (Å²) in [5.74, 6) is 0.977. The zero-order chi connectivity index (χ0) is 16.0. The van der Waals surface area contributed by atoms with Crippen molar-refractivity contribution in [3.05, 3.63) is 30.3 Å². The summed E-state index contributed by atoms with van der Waals surface area (Å²) in [5.41, 5.74) is 0.912. The molecular formula is C18H24N2OS. The molecule has 2 bridgehead atoms. The number of Topliss-reactive ketones (excluding diaryl/α,β-unsaturated/α-hetero) is 1. The first-order valence-corrected chi connectivity index (χ1v) is 8.41. The monoisotopic (exact) mass is 316 g/mol. The second kappa shape index (κ2) is 5.34. The van der Waals surface area contributed by atoms with Crippen molar-refractivity contribution in [2.24, 2.45) is 22.7 Å². The minimum absolute atomic E-state index is 0.0873. The molecule has 3 nitrogen and oxygen atoms in total. The summed E-state index contributed by atoms with van der Waals surface area (Å²) < 4.78 is 0. The van der Waals surface area contributed by atoms with E-state index in [4.69, 9.17) is 12.2 Å². The largest absolute Gasteiger partial charge is 0.362 e. The summed E-state index contributed by atoms with van der Waals surface area (Å²) in [6.45, 7) is 7.29. The van der Waals surface area contributed by atoms with Crippen LogP contribution in [0.15, 0.2) is 30.3 Å². The quantitative estimate of drug-likeness (QED) is 0.836. The molecule has 1 aromatic rings. The Kier molecular flexibility index (Phi) is 3.76. The molecule has 2 fully saturated rings. The zero-order valence-corrected chi connectivity index (χ0v) is 14.3. The van der Waals surface area contributed by atoms with E-state index in [1.807, 2.05) is 30.3 Å². The molecule has 0 aliphatic heterocycles. The first-order chi connectivity index (χ1) is 10.4. The number of fused-ring (bicyclic) bond motifs is 2. The van der Waals surface area contributed by atoms with Gasteiger partial charge < -0.3 is 10.6 Å². The number of thiocarbonyl (C=S) groups is 1. The standard InChI is InChI=1S/C18H24N2OS/c1-17(2)14-9-10-18(17,3)15(21)13(14)11-19-16(22)20-12-7-5-4-6-8-12/h4-8,13-14H,9-11H2,1-3H3,(H2,19,20,22)/t13-,14+,18+/m1/s1. The molecule has 1 aromatic carbocycles.